The van der Waals surface area contributed by atoms with Gasteiger partial charge in [-0.25, -0.2) is 27.3 Å². The van der Waals surface area contributed by atoms with E-state index in [0.717, 1.165) is 13.2 Å². The van der Waals surface area contributed by atoms with Gasteiger partial charge in [-0.05, 0) is 12.1 Å². The number of hydrogen-bond acceptors (Lipinski definition) is 7. The third kappa shape index (κ3) is 4.10. The summed E-state index contributed by atoms with van der Waals surface area (Å²) in [5.74, 6) is -8.60. The van der Waals surface area contributed by atoms with Gasteiger partial charge in [0.1, 0.15) is 17.2 Å². The number of carboxylic acids is 1. The quantitative estimate of drug-likeness (QED) is 0.388. The molecule has 0 unspecified atom stereocenters. The Balaban J connectivity index is 1.98. The van der Waals surface area contributed by atoms with Crippen LogP contribution in [0.4, 0.5) is 13.2 Å². The van der Waals surface area contributed by atoms with Crippen LogP contribution in [0, 0.1) is 17.5 Å². The largest absolute Gasteiger partial charge is 0.496 e. The minimum absolute atomic E-state index is 0.155. The zero-order valence-electron chi connectivity index (χ0n) is 22.3. The number of nitrogens with one attached hydrogen (secondary N) is 1. The number of benzene rings is 2. The van der Waals surface area contributed by atoms with E-state index in [1.54, 1.807) is 0 Å². The molecule has 0 aliphatic carbocycles. The Bertz CT molecular complexity index is 1790. The average molecular weight is 513 g/mol. The van der Waals surface area contributed by atoms with Gasteiger partial charge in [0.25, 0.3) is 5.56 Å². The Hall–Kier alpha value is -4.26. The zero-order chi connectivity index (χ0) is 29.7. The lowest BCUT2D eigenvalue weighted by Gasteiger charge is -2.16. The van der Waals surface area contributed by atoms with Gasteiger partial charge in [-0.15, -0.1) is 11.3 Å². The molecule has 4 aromatic rings. The second-order valence-corrected chi connectivity index (χ2v) is 7.60. The van der Waals surface area contributed by atoms with Gasteiger partial charge < -0.3 is 24.3 Å². The molecule has 0 saturated carbocycles. The third-order valence-electron chi connectivity index (χ3n) is 4.75. The summed E-state index contributed by atoms with van der Waals surface area (Å²) in [5.41, 5.74) is -4.72. The first-order valence-electron chi connectivity index (χ1n) is 11.8. The van der Waals surface area contributed by atoms with E-state index >= 15 is 4.39 Å². The summed E-state index contributed by atoms with van der Waals surface area (Å²) in [5, 5.41) is 10.1. The number of thiophene rings is 1. The second-order valence-electron chi connectivity index (χ2n) is 6.72. The van der Waals surface area contributed by atoms with E-state index < -0.39 is 87.0 Å². The summed E-state index contributed by atoms with van der Waals surface area (Å²) in [4.78, 5) is 39.2. The van der Waals surface area contributed by atoms with E-state index in [0.29, 0.717) is 29.5 Å². The van der Waals surface area contributed by atoms with Crippen molar-refractivity contribution in [1.82, 2.24) is 9.55 Å². The first kappa shape index (κ1) is 18.1. The third-order valence-corrected chi connectivity index (χ3v) is 5.72. The Labute approximate surface area is 204 Å². The van der Waals surface area contributed by atoms with Gasteiger partial charge in [0, 0.05) is 17.5 Å². The van der Waals surface area contributed by atoms with Crippen molar-refractivity contribution in [3.05, 3.63) is 78.4 Å². The van der Waals surface area contributed by atoms with E-state index in [1.807, 2.05) is 0 Å². The van der Waals surface area contributed by atoms with Crippen molar-refractivity contribution in [3.8, 4) is 22.9 Å². The number of hydrogen-bond donors (Lipinski definition) is 2. The number of H-pyrrole nitrogens is 1. The van der Waals surface area contributed by atoms with Crippen LogP contribution in [-0.2, 0) is 6.56 Å². The first-order valence-corrected chi connectivity index (χ1v) is 10.2. The van der Waals surface area contributed by atoms with Gasteiger partial charge in [-0.3, -0.25) is 4.79 Å². The van der Waals surface area contributed by atoms with E-state index in [1.165, 1.54) is 5.38 Å². The van der Waals surface area contributed by atoms with E-state index in [9.17, 15) is 28.3 Å². The zero-order valence-corrected chi connectivity index (χ0v) is 18.1. The standard InChI is InChI=1S/C22H15F3N2O7S/c1-32-14-4-3-10(23)18(25)9(14)7-34-16-6-13(11(24)5-15(16)33-2)27-20(28)17-12(26-22(27)31)8-35-19(17)21(29)30/h3-6,8H,7H2,1-2H3,(H,26,31)(H,29,30)/i2D3,7D2. The molecule has 13 heteroatoms. The molecule has 0 saturated heterocycles. The molecular formula is C22H15F3N2O7S. The average Bonchev–Trinajstić information content (AvgIpc) is 3.26. The molecule has 0 aliphatic heterocycles. The lowest BCUT2D eigenvalue weighted by atomic mass is 10.2. The van der Waals surface area contributed by atoms with Crippen LogP contribution in [0.25, 0.3) is 16.6 Å². The van der Waals surface area contributed by atoms with Gasteiger partial charge in [-0.1, -0.05) is 0 Å². The predicted octanol–water partition coefficient (Wildman–Crippen LogP) is 3.45. The van der Waals surface area contributed by atoms with Gasteiger partial charge in [-0.2, -0.15) is 0 Å². The fraction of sp³-hybridized carbons (Fsp3) is 0.136. The molecule has 0 spiro atoms. The molecule has 2 N–H and O–H groups in total. The molecule has 182 valence electrons. The van der Waals surface area contributed by atoms with Crippen molar-refractivity contribution in [2.45, 2.75) is 6.56 Å². The molecule has 2 heterocycles. The molecule has 0 amide bonds. The number of aromatic carboxylic acids is 1. The van der Waals surface area contributed by atoms with Crippen LogP contribution in [-0.4, -0.2) is 34.8 Å². The molecule has 0 bridgehead atoms. The predicted molar refractivity (Wildman–Crippen MR) is 119 cm³/mol. The van der Waals surface area contributed by atoms with Crippen molar-refractivity contribution in [2.24, 2.45) is 0 Å². The number of halogens is 3. The van der Waals surface area contributed by atoms with Crippen LogP contribution in [0.5, 0.6) is 17.2 Å². The van der Waals surface area contributed by atoms with Crippen molar-refractivity contribution >= 4 is 28.2 Å². The second kappa shape index (κ2) is 9.18. The van der Waals surface area contributed by atoms with Crippen LogP contribution in [0.3, 0.4) is 0 Å². The molecule has 4 rings (SSSR count). The molecule has 0 fully saturated rings. The normalized spacial score (nSPS) is 13.9. The number of fused-ring (bicyclic) bond motifs is 1. The summed E-state index contributed by atoms with van der Waals surface area (Å²) in [6.07, 6.45) is 0. The highest BCUT2D eigenvalue weighted by Crippen LogP contribution is 2.33. The summed E-state index contributed by atoms with van der Waals surface area (Å²) < 4.78 is 97.3. The number of methoxy groups -OCH3 is 2. The maximum atomic E-state index is 15.3. The Morgan fingerprint density at radius 3 is 2.63 bits per heavy atom. The highest BCUT2D eigenvalue weighted by atomic mass is 32.1. The van der Waals surface area contributed by atoms with Crippen LogP contribution in [0.15, 0.2) is 39.2 Å². The van der Waals surface area contributed by atoms with E-state index in [-0.39, 0.29) is 10.1 Å². The van der Waals surface area contributed by atoms with Crippen LogP contribution >= 0.6 is 11.3 Å². The number of nitrogens with zero attached hydrogens (tertiary/aromatic N) is 1. The number of carboxylic acid groups (broad SMARTS) is 1. The fourth-order valence-electron chi connectivity index (χ4n) is 3.17. The molecule has 35 heavy (non-hydrogen) atoms. The first-order chi connectivity index (χ1) is 18.6. The number of carbonyl (C=O) groups is 1. The smallest absolute Gasteiger partial charge is 0.346 e. The van der Waals surface area contributed by atoms with E-state index in [4.69, 9.17) is 16.3 Å². The summed E-state index contributed by atoms with van der Waals surface area (Å²) in [7, 11) is -2.23. The minimum Gasteiger partial charge on any atom is -0.496 e. The summed E-state index contributed by atoms with van der Waals surface area (Å²) in [6, 6.07) is 2.40. The van der Waals surface area contributed by atoms with Gasteiger partial charge >= 0.3 is 11.7 Å². The molecule has 9 nitrogen and oxygen atoms in total. The van der Waals surface area contributed by atoms with Gasteiger partial charge in [0.05, 0.1) is 43.2 Å². The van der Waals surface area contributed by atoms with Crippen LogP contribution in [0.1, 0.15) is 22.1 Å². The number of ether oxygens (including phenoxy) is 3. The maximum Gasteiger partial charge on any atom is 0.346 e. The number of rotatable bonds is 7. The lowest BCUT2D eigenvalue weighted by molar-refractivity contribution is 0.0704. The molecule has 0 radical (unpaired) electrons. The topological polar surface area (TPSA) is 120 Å². The minimum atomic E-state index is -3.34. The Kier molecular flexibility index (Phi) is 4.75. The van der Waals surface area contributed by atoms with Gasteiger partial charge in [0.15, 0.2) is 29.0 Å². The molecule has 0 aliphatic rings. The fourth-order valence-corrected chi connectivity index (χ4v) is 4.00. The highest BCUT2D eigenvalue weighted by Gasteiger charge is 2.23. The summed E-state index contributed by atoms with van der Waals surface area (Å²) in [6.45, 7) is -3.34. The van der Waals surface area contributed by atoms with E-state index in [2.05, 4.69) is 9.72 Å². The van der Waals surface area contributed by atoms with Crippen molar-refractivity contribution in [3.63, 3.8) is 0 Å². The summed E-state index contributed by atoms with van der Waals surface area (Å²) >= 11 is 0.614. The van der Waals surface area contributed by atoms with Gasteiger partial charge in [0.2, 0.25) is 0 Å². The van der Waals surface area contributed by atoms with Crippen LogP contribution < -0.4 is 25.5 Å². The Morgan fingerprint density at radius 1 is 1.17 bits per heavy atom. The van der Waals surface area contributed by atoms with Crippen molar-refractivity contribution in [1.29, 1.82) is 0 Å². The highest BCUT2D eigenvalue weighted by molar-refractivity contribution is 7.13. The lowest BCUT2D eigenvalue weighted by Crippen LogP contribution is -2.34. The van der Waals surface area contributed by atoms with Crippen molar-refractivity contribution in [2.75, 3.05) is 14.1 Å². The SMILES string of the molecule is [2H]C([2H])([2H])Oc1cc(F)c(-n2c(=O)[nH]c3csc(C(=O)O)c3c2=O)cc1OC([2H])([2H])c1c(OC)ccc(F)c1F. The Morgan fingerprint density at radius 2 is 1.94 bits per heavy atom. The van der Waals surface area contributed by atoms with Crippen LogP contribution in [0.2, 0.25) is 0 Å². The molecule has 2 aromatic carbocycles. The van der Waals surface area contributed by atoms with Crippen molar-refractivity contribution < 1.29 is 44.1 Å². The molecule has 2 aromatic heterocycles. The number of aromatic amines is 1. The maximum absolute atomic E-state index is 15.3. The number of aromatic nitrogens is 2. The monoisotopic (exact) mass is 513 g/mol. The molecule has 0 atom stereocenters. The molecular weight excluding hydrogens is 493 g/mol.